The maximum absolute atomic E-state index is 12.8. The van der Waals surface area contributed by atoms with Gasteiger partial charge in [-0.2, -0.15) is 0 Å². The molecule has 0 bridgehead atoms. The number of carbonyl (C=O) groups is 1. The van der Waals surface area contributed by atoms with Crippen LogP contribution in [-0.4, -0.2) is 26.7 Å². The van der Waals surface area contributed by atoms with E-state index in [2.05, 4.69) is 15.0 Å². The van der Waals surface area contributed by atoms with E-state index in [0.717, 1.165) is 35.6 Å². The Bertz CT molecular complexity index is 1230. The molecule has 0 saturated carbocycles. The molecule has 31 heavy (non-hydrogen) atoms. The number of anilines is 1. The number of aliphatic imine (C=N–C) groups is 1. The second-order valence-electron chi connectivity index (χ2n) is 7.64. The molecule has 0 spiro atoms. The summed E-state index contributed by atoms with van der Waals surface area (Å²) >= 11 is 0. The molecule has 1 heterocycles. The quantitative estimate of drug-likeness (QED) is 0.627. The molecule has 2 N–H and O–H groups in total. The van der Waals surface area contributed by atoms with E-state index in [1.165, 1.54) is 12.1 Å². The first-order valence-electron chi connectivity index (χ1n) is 10.4. The number of sulfonamides is 1. The maximum Gasteiger partial charge on any atom is 0.262 e. The van der Waals surface area contributed by atoms with Crippen LogP contribution in [0.15, 0.2) is 76.6 Å². The van der Waals surface area contributed by atoms with Crippen LogP contribution in [0, 0.1) is 0 Å². The van der Waals surface area contributed by atoms with E-state index in [1.807, 2.05) is 42.5 Å². The van der Waals surface area contributed by atoms with Gasteiger partial charge in [0.1, 0.15) is 5.84 Å². The second-order valence-corrected chi connectivity index (χ2v) is 9.32. The van der Waals surface area contributed by atoms with Gasteiger partial charge in [-0.3, -0.25) is 14.5 Å². The fourth-order valence-electron chi connectivity index (χ4n) is 3.74. The molecule has 1 aliphatic heterocycles. The fourth-order valence-corrected chi connectivity index (χ4v) is 4.87. The number of hydrogen-bond donors (Lipinski definition) is 2. The van der Waals surface area contributed by atoms with Gasteiger partial charge >= 0.3 is 0 Å². The molecule has 0 aromatic heterocycles. The summed E-state index contributed by atoms with van der Waals surface area (Å²) in [5.41, 5.74) is 1.36. The van der Waals surface area contributed by atoms with Crippen LogP contribution in [0.3, 0.4) is 0 Å². The third-order valence-electron chi connectivity index (χ3n) is 5.29. The number of rotatable bonds is 5. The molecule has 160 valence electrons. The third-order valence-corrected chi connectivity index (χ3v) is 6.66. The zero-order valence-electron chi connectivity index (χ0n) is 17.2. The number of amidine groups is 1. The number of amides is 1. The second kappa shape index (κ2) is 9.31. The van der Waals surface area contributed by atoms with Crippen molar-refractivity contribution in [3.05, 3.63) is 72.3 Å². The summed E-state index contributed by atoms with van der Waals surface area (Å²) in [7, 11) is -3.75. The minimum atomic E-state index is -3.75. The van der Waals surface area contributed by atoms with Gasteiger partial charge in [-0.25, -0.2) is 8.42 Å². The van der Waals surface area contributed by atoms with Crippen molar-refractivity contribution in [3.63, 3.8) is 0 Å². The summed E-state index contributed by atoms with van der Waals surface area (Å²) < 4.78 is 28.2. The van der Waals surface area contributed by atoms with Crippen LogP contribution in [0.5, 0.6) is 0 Å². The van der Waals surface area contributed by atoms with Gasteiger partial charge in [0.15, 0.2) is 0 Å². The Morgan fingerprint density at radius 1 is 0.935 bits per heavy atom. The summed E-state index contributed by atoms with van der Waals surface area (Å²) in [6.45, 7) is 0.641. The predicted octanol–water partition coefficient (Wildman–Crippen LogP) is 4.27. The van der Waals surface area contributed by atoms with Gasteiger partial charge in [-0.15, -0.1) is 0 Å². The maximum atomic E-state index is 12.8. The van der Waals surface area contributed by atoms with Crippen LogP contribution in [0.25, 0.3) is 10.8 Å². The lowest BCUT2D eigenvalue weighted by molar-refractivity contribution is -0.115. The number of nitrogens with zero attached hydrogens (tertiary/aromatic N) is 1. The largest absolute Gasteiger partial charge is 0.326 e. The SMILES string of the molecule is O=C(Cc1cccc2ccccc12)Nc1cccc(S(=O)(=O)NC2=NCCCCC2)c1. The topological polar surface area (TPSA) is 87.6 Å². The van der Waals surface area contributed by atoms with Gasteiger partial charge < -0.3 is 5.32 Å². The van der Waals surface area contributed by atoms with Crippen LogP contribution in [-0.2, 0) is 21.2 Å². The fraction of sp³-hybridized carbons (Fsp3) is 0.250. The van der Waals surface area contributed by atoms with E-state index in [-0.39, 0.29) is 17.2 Å². The predicted molar refractivity (Wildman–Crippen MR) is 124 cm³/mol. The summed E-state index contributed by atoms with van der Waals surface area (Å²) in [5.74, 6) is 0.301. The number of nitrogens with one attached hydrogen (secondary N) is 2. The summed E-state index contributed by atoms with van der Waals surface area (Å²) in [5, 5.41) is 4.93. The Hall–Kier alpha value is -3.19. The van der Waals surface area contributed by atoms with Gasteiger partial charge in [0, 0.05) is 18.7 Å². The molecule has 0 unspecified atom stereocenters. The summed E-state index contributed by atoms with van der Waals surface area (Å²) in [6.07, 6.45) is 3.77. The molecule has 6 nitrogen and oxygen atoms in total. The van der Waals surface area contributed by atoms with Crippen LogP contribution in [0.1, 0.15) is 31.2 Å². The molecule has 3 aromatic carbocycles. The first-order valence-corrected chi connectivity index (χ1v) is 11.9. The van der Waals surface area contributed by atoms with Gasteiger partial charge in [0.2, 0.25) is 5.91 Å². The molecule has 0 atom stereocenters. The van der Waals surface area contributed by atoms with Crippen molar-refractivity contribution < 1.29 is 13.2 Å². The molecule has 0 saturated heterocycles. The molecule has 7 heteroatoms. The monoisotopic (exact) mass is 435 g/mol. The van der Waals surface area contributed by atoms with Gasteiger partial charge in [0.25, 0.3) is 10.0 Å². The number of carbonyl (C=O) groups excluding carboxylic acids is 1. The molecular formula is C24H25N3O3S. The van der Waals surface area contributed by atoms with E-state index in [9.17, 15) is 13.2 Å². The normalized spacial score (nSPS) is 14.5. The first kappa shape index (κ1) is 21.1. The van der Waals surface area contributed by atoms with Gasteiger partial charge in [0.05, 0.1) is 11.3 Å². The highest BCUT2D eigenvalue weighted by atomic mass is 32.2. The molecule has 4 rings (SSSR count). The van der Waals surface area contributed by atoms with E-state index >= 15 is 0 Å². The molecule has 0 radical (unpaired) electrons. The van der Waals surface area contributed by atoms with E-state index in [1.54, 1.807) is 12.1 Å². The van der Waals surface area contributed by atoms with Crippen LogP contribution >= 0.6 is 0 Å². The van der Waals surface area contributed by atoms with Crippen molar-refractivity contribution >= 4 is 38.2 Å². The minimum Gasteiger partial charge on any atom is -0.326 e. The van der Waals surface area contributed by atoms with Gasteiger partial charge in [-0.1, -0.05) is 55.0 Å². The smallest absolute Gasteiger partial charge is 0.262 e. The third kappa shape index (κ3) is 5.30. The lowest BCUT2D eigenvalue weighted by Crippen LogP contribution is -2.30. The van der Waals surface area contributed by atoms with Crippen molar-refractivity contribution in [3.8, 4) is 0 Å². The van der Waals surface area contributed by atoms with E-state index in [0.29, 0.717) is 24.5 Å². The summed E-state index contributed by atoms with van der Waals surface area (Å²) in [4.78, 5) is 17.1. The lowest BCUT2D eigenvalue weighted by atomic mass is 10.0. The van der Waals surface area contributed by atoms with E-state index in [4.69, 9.17) is 0 Å². The molecule has 1 aliphatic rings. The zero-order chi connectivity index (χ0) is 21.7. The molecule has 1 amide bonds. The van der Waals surface area contributed by atoms with Crippen molar-refractivity contribution in [1.82, 2.24) is 4.72 Å². The van der Waals surface area contributed by atoms with Crippen molar-refractivity contribution in [1.29, 1.82) is 0 Å². The molecule has 3 aromatic rings. The number of fused-ring (bicyclic) bond motifs is 1. The Morgan fingerprint density at radius 3 is 2.65 bits per heavy atom. The van der Waals surface area contributed by atoms with Gasteiger partial charge in [-0.05, 0) is 47.4 Å². The minimum absolute atomic E-state index is 0.0995. The average Bonchev–Trinajstić information content (AvgIpc) is 3.02. The Morgan fingerprint density at radius 2 is 1.74 bits per heavy atom. The van der Waals surface area contributed by atoms with Crippen LogP contribution < -0.4 is 10.0 Å². The average molecular weight is 436 g/mol. The van der Waals surface area contributed by atoms with Crippen molar-refractivity contribution in [2.75, 3.05) is 11.9 Å². The van der Waals surface area contributed by atoms with Crippen molar-refractivity contribution in [2.45, 2.75) is 37.0 Å². The Kier molecular flexibility index (Phi) is 6.32. The molecular weight excluding hydrogens is 410 g/mol. The number of hydrogen-bond acceptors (Lipinski definition) is 4. The molecule has 0 aliphatic carbocycles. The zero-order valence-corrected chi connectivity index (χ0v) is 18.0. The van der Waals surface area contributed by atoms with Crippen LogP contribution in [0.4, 0.5) is 5.69 Å². The van der Waals surface area contributed by atoms with Crippen LogP contribution in [0.2, 0.25) is 0 Å². The number of benzene rings is 3. The Labute approximate surface area is 182 Å². The van der Waals surface area contributed by atoms with Crippen molar-refractivity contribution in [2.24, 2.45) is 4.99 Å². The first-order chi connectivity index (χ1) is 15.0. The van der Waals surface area contributed by atoms with E-state index < -0.39 is 10.0 Å². The highest BCUT2D eigenvalue weighted by Gasteiger charge is 2.18. The highest BCUT2D eigenvalue weighted by Crippen LogP contribution is 2.20. The Balaban J connectivity index is 1.47. The lowest BCUT2D eigenvalue weighted by Gasteiger charge is -2.12. The molecule has 0 fully saturated rings. The standard InChI is InChI=1S/C24H25N3O3S/c28-24(16-19-10-6-9-18-8-3-4-13-22(18)19)26-20-11-7-12-21(17-20)31(29,30)27-23-14-2-1-5-15-25-23/h3-4,6-13,17H,1-2,5,14-16H2,(H,25,27)(H,26,28). The summed E-state index contributed by atoms with van der Waals surface area (Å²) in [6, 6.07) is 20.1. The highest BCUT2D eigenvalue weighted by molar-refractivity contribution is 7.90.